The third kappa shape index (κ3) is 7.69. The van der Waals surface area contributed by atoms with Gasteiger partial charge in [-0.2, -0.15) is 0 Å². The van der Waals surface area contributed by atoms with Crippen LogP contribution < -0.4 is 5.32 Å². The van der Waals surface area contributed by atoms with Crippen LogP contribution in [0.3, 0.4) is 0 Å². The number of nitro groups is 2. The number of nitrogens with zero attached hydrogens (tertiary/aromatic N) is 3. The molecule has 1 fully saturated rings. The largest absolute Gasteiger partial charge is 0.466 e. The normalized spacial score (nSPS) is 17.3. The van der Waals surface area contributed by atoms with Gasteiger partial charge in [-0.1, -0.05) is 35.9 Å². The number of amides is 2. The Morgan fingerprint density at radius 1 is 0.952 bits per heavy atom. The molecule has 2 unspecified atom stereocenters. The first kappa shape index (κ1) is 31.7. The van der Waals surface area contributed by atoms with Crippen molar-refractivity contribution in [2.75, 3.05) is 6.61 Å². The van der Waals surface area contributed by atoms with Crippen molar-refractivity contribution in [1.29, 1.82) is 0 Å². The maximum Gasteiger partial charge on any atom is 0.407 e. The summed E-state index contributed by atoms with van der Waals surface area (Å²) in [4.78, 5) is 71.7. The molecule has 0 bridgehead atoms. The molecule has 42 heavy (non-hydrogen) atoms. The van der Waals surface area contributed by atoms with Crippen molar-refractivity contribution in [3.8, 4) is 0 Å². The molecule has 1 aliphatic heterocycles. The molecule has 0 saturated carbocycles. The predicted octanol–water partition coefficient (Wildman–Crippen LogP) is 3.21. The van der Waals surface area contributed by atoms with E-state index in [4.69, 9.17) is 25.8 Å². The number of hydrogen-bond acceptors (Lipinski definition) is 11. The lowest BCUT2D eigenvalue weighted by molar-refractivity contribution is -0.386. The molecule has 16 heteroatoms. The van der Waals surface area contributed by atoms with Gasteiger partial charge in [0.05, 0.1) is 39.5 Å². The Hall–Kier alpha value is -4.79. The molecule has 0 aliphatic carbocycles. The lowest BCUT2D eigenvalue weighted by Gasteiger charge is -2.50. The van der Waals surface area contributed by atoms with Gasteiger partial charge >= 0.3 is 18.0 Å². The molecule has 4 atom stereocenters. The van der Waals surface area contributed by atoms with Crippen LogP contribution in [-0.4, -0.2) is 62.9 Å². The molecule has 2 aromatic rings. The smallest absolute Gasteiger partial charge is 0.407 e. The number of carbonyl (C=O) groups excluding carboxylic acids is 4. The number of para-hydroxylation sites is 2. The number of likely N-dealkylation sites (tertiary alicyclic amines) is 1. The van der Waals surface area contributed by atoms with Crippen molar-refractivity contribution < 1.29 is 43.2 Å². The molecule has 0 spiro atoms. The summed E-state index contributed by atoms with van der Waals surface area (Å²) >= 11 is 6.29. The molecule has 1 saturated heterocycles. The van der Waals surface area contributed by atoms with Crippen molar-refractivity contribution >= 4 is 46.9 Å². The van der Waals surface area contributed by atoms with E-state index in [1.807, 2.05) is 0 Å². The minimum Gasteiger partial charge on any atom is -0.466 e. The average molecular weight is 607 g/mol. The molecule has 0 radical (unpaired) electrons. The van der Waals surface area contributed by atoms with Gasteiger partial charge in [-0.15, -0.1) is 0 Å². The third-order valence-electron chi connectivity index (χ3n) is 6.46. The Labute approximate surface area is 243 Å². The minimum absolute atomic E-state index is 0.0634. The Morgan fingerprint density at radius 2 is 1.48 bits per heavy atom. The highest BCUT2D eigenvalue weighted by Crippen LogP contribution is 2.36. The number of halogens is 1. The summed E-state index contributed by atoms with van der Waals surface area (Å²) in [5.41, 5.74) is -1.81. The molecular formula is C26H27ClN4O11. The quantitative estimate of drug-likeness (QED) is 0.0668. The highest BCUT2D eigenvalue weighted by atomic mass is 35.5. The van der Waals surface area contributed by atoms with E-state index in [1.165, 1.54) is 56.3 Å². The van der Waals surface area contributed by atoms with E-state index in [0.717, 1.165) is 4.90 Å². The fourth-order valence-corrected chi connectivity index (χ4v) is 4.78. The number of alkyl carbamates (subject to hydrolysis) is 1. The van der Waals surface area contributed by atoms with Crippen LogP contribution in [0, 0.1) is 26.1 Å². The molecule has 1 aliphatic rings. The van der Waals surface area contributed by atoms with E-state index in [0.29, 0.717) is 0 Å². The van der Waals surface area contributed by atoms with Crippen molar-refractivity contribution in [1.82, 2.24) is 10.2 Å². The number of β-lactam (4-membered cyclic amide) rings is 1. The highest BCUT2D eigenvalue weighted by molar-refractivity contribution is 6.30. The SMILES string of the molecule is CC(=O)OCC[C@@H]1[C@@H](C(C)NC(=O)OCc2ccccc2[N+](=O)[O-])C(=O)N1C(Cl)C(=O)OCc1ccccc1[N+](=O)[O-]. The van der Waals surface area contributed by atoms with E-state index in [1.54, 1.807) is 6.07 Å². The lowest BCUT2D eigenvalue weighted by Crippen LogP contribution is -2.69. The Morgan fingerprint density at radius 3 is 2.00 bits per heavy atom. The molecule has 2 aromatic carbocycles. The Bertz CT molecular complexity index is 1370. The van der Waals surface area contributed by atoms with Crippen LogP contribution in [0.25, 0.3) is 0 Å². The van der Waals surface area contributed by atoms with E-state index in [-0.39, 0.29) is 35.5 Å². The van der Waals surface area contributed by atoms with Gasteiger partial charge in [0.1, 0.15) is 13.2 Å². The number of alkyl halides is 1. The van der Waals surface area contributed by atoms with E-state index >= 15 is 0 Å². The van der Waals surface area contributed by atoms with Crippen LogP contribution >= 0.6 is 11.6 Å². The maximum absolute atomic E-state index is 13.1. The minimum atomic E-state index is -1.61. The van der Waals surface area contributed by atoms with Crippen molar-refractivity contribution in [3.05, 3.63) is 79.9 Å². The Balaban J connectivity index is 1.65. The van der Waals surface area contributed by atoms with Gasteiger partial charge in [-0.3, -0.25) is 29.8 Å². The monoisotopic (exact) mass is 606 g/mol. The van der Waals surface area contributed by atoms with Crippen molar-refractivity contribution in [2.24, 2.45) is 5.92 Å². The summed E-state index contributed by atoms with van der Waals surface area (Å²) in [7, 11) is 0. The number of rotatable bonds is 13. The first-order valence-electron chi connectivity index (χ1n) is 12.6. The summed E-state index contributed by atoms with van der Waals surface area (Å²) in [5, 5.41) is 24.9. The second kappa shape index (κ2) is 14.2. The summed E-state index contributed by atoms with van der Waals surface area (Å²) in [6, 6.07) is 9.74. The van der Waals surface area contributed by atoms with E-state index in [2.05, 4.69) is 5.32 Å². The number of benzene rings is 2. The molecule has 1 heterocycles. The zero-order chi connectivity index (χ0) is 31.0. The highest BCUT2D eigenvalue weighted by Gasteiger charge is 2.54. The predicted molar refractivity (Wildman–Crippen MR) is 144 cm³/mol. The molecule has 1 N–H and O–H groups in total. The van der Waals surface area contributed by atoms with Gasteiger partial charge in [0.15, 0.2) is 0 Å². The van der Waals surface area contributed by atoms with Gasteiger partial charge in [-0.05, 0) is 19.1 Å². The topological polar surface area (TPSA) is 198 Å². The number of nitrogens with one attached hydrogen (secondary N) is 1. The van der Waals surface area contributed by atoms with Gasteiger partial charge in [0, 0.05) is 31.5 Å². The number of hydrogen-bond donors (Lipinski definition) is 1. The van der Waals surface area contributed by atoms with Crippen LogP contribution in [0.1, 0.15) is 31.4 Å². The van der Waals surface area contributed by atoms with Gasteiger partial charge in [0.25, 0.3) is 11.4 Å². The van der Waals surface area contributed by atoms with Gasteiger partial charge in [0.2, 0.25) is 11.4 Å². The van der Waals surface area contributed by atoms with Crippen LogP contribution in [0.4, 0.5) is 16.2 Å². The second-order valence-electron chi connectivity index (χ2n) is 9.19. The van der Waals surface area contributed by atoms with Crippen LogP contribution in [0.5, 0.6) is 0 Å². The first-order valence-corrected chi connectivity index (χ1v) is 13.0. The summed E-state index contributed by atoms with van der Waals surface area (Å²) in [6.07, 6.45) is -0.884. The maximum atomic E-state index is 13.1. The third-order valence-corrected chi connectivity index (χ3v) is 6.85. The average Bonchev–Trinajstić information content (AvgIpc) is 2.94. The van der Waals surface area contributed by atoms with Gasteiger partial charge < -0.3 is 24.4 Å². The molecule has 3 rings (SSSR count). The lowest BCUT2D eigenvalue weighted by atomic mass is 9.80. The first-order chi connectivity index (χ1) is 19.9. The fourth-order valence-electron chi connectivity index (χ4n) is 4.47. The van der Waals surface area contributed by atoms with Crippen molar-refractivity contribution in [3.63, 3.8) is 0 Å². The molecular weight excluding hydrogens is 580 g/mol. The van der Waals surface area contributed by atoms with Crippen LogP contribution in [0.15, 0.2) is 48.5 Å². The fraction of sp³-hybridized carbons (Fsp3) is 0.385. The van der Waals surface area contributed by atoms with E-state index in [9.17, 15) is 39.4 Å². The number of nitro benzene ring substituents is 2. The van der Waals surface area contributed by atoms with Crippen molar-refractivity contribution in [2.45, 2.75) is 51.1 Å². The van der Waals surface area contributed by atoms with E-state index < -0.39 is 70.5 Å². The molecule has 2 amide bonds. The van der Waals surface area contributed by atoms with Crippen LogP contribution in [-0.2, 0) is 41.8 Å². The number of ether oxygens (including phenoxy) is 3. The standard InChI is InChI=1S/C26H27ClN4O11/c1-15(28-26(35)42-14-18-8-4-6-10-20(18)31(38)39)22-21(11-12-40-16(2)32)29(24(22)33)23(27)25(34)41-13-17-7-3-5-9-19(17)30(36)37/h3-10,15,21-23H,11-14H2,1-2H3,(H,28,35)/t15?,21-,22-,23?/m1/s1. The number of carbonyl (C=O) groups is 4. The van der Waals surface area contributed by atoms with Gasteiger partial charge in [-0.25, -0.2) is 9.59 Å². The zero-order valence-electron chi connectivity index (χ0n) is 22.5. The summed E-state index contributed by atoms with van der Waals surface area (Å²) in [5.74, 6) is -3.12. The Kier molecular flexibility index (Phi) is 10.7. The van der Waals surface area contributed by atoms with Crippen LogP contribution in [0.2, 0.25) is 0 Å². The summed E-state index contributed by atoms with van der Waals surface area (Å²) < 4.78 is 15.2. The molecule has 0 aromatic heterocycles. The number of esters is 2. The molecule has 15 nitrogen and oxygen atoms in total. The zero-order valence-corrected chi connectivity index (χ0v) is 23.2. The molecule has 224 valence electrons. The summed E-state index contributed by atoms with van der Waals surface area (Å²) in [6.45, 7) is 1.73. The second-order valence-corrected chi connectivity index (χ2v) is 9.61.